The van der Waals surface area contributed by atoms with Crippen LogP contribution in [0.3, 0.4) is 0 Å². The van der Waals surface area contributed by atoms with Gasteiger partial charge in [0.15, 0.2) is 0 Å². The Morgan fingerprint density at radius 2 is 1.66 bits per heavy atom. The average molecular weight is 500 g/mol. The van der Waals surface area contributed by atoms with Crippen LogP contribution in [0.4, 0.5) is 32.3 Å². The van der Waals surface area contributed by atoms with Gasteiger partial charge in [0.1, 0.15) is 0 Å². The Hall–Kier alpha value is -2.89. The molecule has 6 nitrogen and oxygen atoms in total. The summed E-state index contributed by atoms with van der Waals surface area (Å²) in [6, 6.07) is 1.68. The highest BCUT2D eigenvalue weighted by Gasteiger charge is 2.38. The monoisotopic (exact) mass is 500 g/mol. The molecule has 0 spiro atoms. The molecule has 0 bridgehead atoms. The molecule has 1 aromatic carbocycles. The molecule has 3 heterocycles. The van der Waals surface area contributed by atoms with Crippen LogP contribution < -0.4 is 10.2 Å². The average Bonchev–Trinajstić information content (AvgIpc) is 3.45. The maximum absolute atomic E-state index is 13.4. The van der Waals surface area contributed by atoms with Gasteiger partial charge >= 0.3 is 12.4 Å². The second-order valence-electron chi connectivity index (χ2n) is 8.97. The van der Waals surface area contributed by atoms with Crippen molar-refractivity contribution in [1.82, 2.24) is 20.3 Å². The van der Waals surface area contributed by atoms with Crippen molar-refractivity contribution in [1.29, 1.82) is 0 Å². The number of nitrogens with one attached hydrogen (secondary N) is 1. The first kappa shape index (κ1) is 25.2. The molecule has 1 unspecified atom stereocenters. The minimum Gasteiger partial charge on any atom is -0.332 e. The summed E-state index contributed by atoms with van der Waals surface area (Å²) >= 11 is 0. The highest BCUT2D eigenvalue weighted by Crippen LogP contribution is 2.37. The third-order valence-corrected chi connectivity index (χ3v) is 6.38. The molecule has 0 amide bonds. The molecule has 0 aliphatic carbocycles. The molecular weight excluding hydrogens is 474 g/mol. The standard InChI is InChI=1S/C23H26F6N6/c1-3-19-7-20(11-30-19)35(21-31-8-15(9-32-21)16-10-33-34(2)13-16)12-14-4-17(22(24,25)26)6-18(5-14)23(27,28)29/h4-6,8-10,16,19-20,30H,3,7,11-13H2,1-2H3/t16?,19-,20+/m1/s1. The van der Waals surface area contributed by atoms with Crippen LogP contribution in [-0.2, 0) is 18.9 Å². The van der Waals surface area contributed by atoms with Crippen LogP contribution in [0.25, 0.3) is 0 Å². The molecule has 190 valence electrons. The summed E-state index contributed by atoms with van der Waals surface area (Å²) in [4.78, 5) is 10.6. The van der Waals surface area contributed by atoms with Crippen LogP contribution in [0.2, 0.25) is 0 Å². The molecule has 1 saturated heterocycles. The molecule has 0 saturated carbocycles. The fourth-order valence-electron chi connectivity index (χ4n) is 4.45. The van der Waals surface area contributed by atoms with E-state index in [2.05, 4.69) is 20.4 Å². The molecule has 2 aromatic rings. The third-order valence-electron chi connectivity index (χ3n) is 6.38. The Morgan fingerprint density at radius 3 is 2.14 bits per heavy atom. The smallest absolute Gasteiger partial charge is 0.332 e. The van der Waals surface area contributed by atoms with Crippen LogP contribution in [0, 0.1) is 0 Å². The van der Waals surface area contributed by atoms with Crippen molar-refractivity contribution in [2.75, 3.05) is 25.0 Å². The van der Waals surface area contributed by atoms with E-state index in [0.29, 0.717) is 19.5 Å². The minimum atomic E-state index is -4.91. The molecule has 4 rings (SSSR count). The van der Waals surface area contributed by atoms with Gasteiger partial charge in [-0.15, -0.1) is 0 Å². The zero-order valence-electron chi connectivity index (χ0n) is 19.2. The van der Waals surface area contributed by atoms with Crippen molar-refractivity contribution >= 4 is 12.2 Å². The molecule has 35 heavy (non-hydrogen) atoms. The Bertz CT molecular complexity index is 1020. The van der Waals surface area contributed by atoms with Crippen molar-refractivity contribution in [3.05, 3.63) is 52.8 Å². The zero-order chi connectivity index (χ0) is 25.4. The number of hydrogen-bond donors (Lipinski definition) is 1. The van der Waals surface area contributed by atoms with Gasteiger partial charge in [0.25, 0.3) is 0 Å². The lowest BCUT2D eigenvalue weighted by atomic mass is 10.0. The summed E-state index contributed by atoms with van der Waals surface area (Å²) in [5.41, 5.74) is -1.95. The molecule has 2 aliphatic heterocycles. The molecule has 1 fully saturated rings. The lowest BCUT2D eigenvalue weighted by molar-refractivity contribution is -0.143. The Morgan fingerprint density at radius 1 is 1.03 bits per heavy atom. The maximum atomic E-state index is 13.4. The van der Waals surface area contributed by atoms with E-state index in [4.69, 9.17) is 0 Å². The fraction of sp³-hybridized carbons (Fsp3) is 0.522. The van der Waals surface area contributed by atoms with Crippen molar-refractivity contribution in [3.8, 4) is 0 Å². The summed E-state index contributed by atoms with van der Waals surface area (Å²) < 4.78 is 80.3. The van der Waals surface area contributed by atoms with Gasteiger partial charge in [0.05, 0.1) is 11.1 Å². The molecular formula is C23H26F6N6. The number of alkyl halides is 6. The first-order valence-electron chi connectivity index (χ1n) is 11.3. The third kappa shape index (κ3) is 5.85. The summed E-state index contributed by atoms with van der Waals surface area (Å²) in [5.74, 6) is 0.268. The topological polar surface area (TPSA) is 56.7 Å². The highest BCUT2D eigenvalue weighted by atomic mass is 19.4. The number of benzene rings is 1. The first-order valence-corrected chi connectivity index (χ1v) is 11.3. The molecule has 12 heteroatoms. The van der Waals surface area contributed by atoms with Gasteiger partial charge in [-0.3, -0.25) is 5.01 Å². The Kier molecular flexibility index (Phi) is 6.94. The zero-order valence-corrected chi connectivity index (χ0v) is 19.2. The largest absolute Gasteiger partial charge is 0.416 e. The first-order chi connectivity index (χ1) is 16.4. The van der Waals surface area contributed by atoms with E-state index < -0.39 is 23.5 Å². The normalized spacial score (nSPS) is 22.7. The minimum absolute atomic E-state index is 0.0120. The number of rotatable bonds is 6. The van der Waals surface area contributed by atoms with Crippen LogP contribution in [-0.4, -0.2) is 53.4 Å². The van der Waals surface area contributed by atoms with E-state index in [1.807, 2.05) is 14.0 Å². The Balaban J connectivity index is 1.67. The lowest BCUT2D eigenvalue weighted by Gasteiger charge is -2.29. The van der Waals surface area contributed by atoms with Gasteiger partial charge < -0.3 is 10.2 Å². The predicted octanol–water partition coefficient (Wildman–Crippen LogP) is 4.68. The van der Waals surface area contributed by atoms with E-state index in [1.165, 1.54) is 0 Å². The van der Waals surface area contributed by atoms with Gasteiger partial charge in [0.2, 0.25) is 5.95 Å². The van der Waals surface area contributed by atoms with Crippen molar-refractivity contribution in [3.63, 3.8) is 0 Å². The van der Waals surface area contributed by atoms with Gasteiger partial charge in [-0.25, -0.2) is 9.97 Å². The molecule has 1 N–H and O–H groups in total. The number of aromatic nitrogens is 2. The second kappa shape index (κ2) is 9.63. The predicted molar refractivity (Wildman–Crippen MR) is 119 cm³/mol. The summed E-state index contributed by atoms with van der Waals surface area (Å²) in [6.07, 6.45) is -3.23. The van der Waals surface area contributed by atoms with Crippen molar-refractivity contribution < 1.29 is 26.3 Å². The maximum Gasteiger partial charge on any atom is 0.416 e. The number of hydrogen-bond acceptors (Lipinski definition) is 6. The lowest BCUT2D eigenvalue weighted by Crippen LogP contribution is -2.37. The van der Waals surface area contributed by atoms with Gasteiger partial charge in [-0.05, 0) is 42.2 Å². The highest BCUT2D eigenvalue weighted by molar-refractivity contribution is 5.69. The second-order valence-corrected chi connectivity index (χ2v) is 8.97. The quantitative estimate of drug-likeness (QED) is 0.584. The SMILES string of the molecule is CC[C@@H]1C[C@H](N(Cc2cc(C(F)(F)F)cc(C(F)(F)F)c2)c2ncc(C3C=NN(C)C3)cn2)CN1. The van der Waals surface area contributed by atoms with Crippen LogP contribution >= 0.6 is 0 Å². The fourth-order valence-corrected chi connectivity index (χ4v) is 4.45. The van der Waals surface area contributed by atoms with E-state index >= 15 is 0 Å². The number of hydrazone groups is 1. The molecule has 3 atom stereocenters. The van der Waals surface area contributed by atoms with Gasteiger partial charge in [-0.2, -0.15) is 31.4 Å². The number of nitrogens with zero attached hydrogens (tertiary/aromatic N) is 5. The van der Waals surface area contributed by atoms with Gasteiger partial charge in [-0.1, -0.05) is 6.92 Å². The van der Waals surface area contributed by atoms with E-state index in [-0.39, 0.29) is 42.1 Å². The summed E-state index contributed by atoms with van der Waals surface area (Å²) in [5, 5.41) is 9.32. The summed E-state index contributed by atoms with van der Waals surface area (Å²) in [7, 11) is 1.84. The van der Waals surface area contributed by atoms with Crippen LogP contribution in [0.1, 0.15) is 47.9 Å². The molecule has 0 radical (unpaired) electrons. The van der Waals surface area contributed by atoms with E-state index in [1.54, 1.807) is 28.5 Å². The van der Waals surface area contributed by atoms with Crippen LogP contribution in [0.5, 0.6) is 0 Å². The number of halogens is 6. The van der Waals surface area contributed by atoms with E-state index in [0.717, 1.165) is 24.1 Å². The Labute approximate surface area is 199 Å². The van der Waals surface area contributed by atoms with E-state index in [9.17, 15) is 26.3 Å². The number of likely N-dealkylation sites (N-methyl/N-ethyl adjacent to an activating group) is 1. The van der Waals surface area contributed by atoms with Gasteiger partial charge in [0, 0.05) is 63.3 Å². The number of anilines is 1. The van der Waals surface area contributed by atoms with Crippen molar-refractivity contribution in [2.24, 2.45) is 5.10 Å². The molecule has 2 aliphatic rings. The summed E-state index contributed by atoms with van der Waals surface area (Å²) in [6.45, 7) is 3.01. The van der Waals surface area contributed by atoms with Crippen molar-refractivity contribution in [2.45, 2.75) is 56.7 Å². The van der Waals surface area contributed by atoms with Crippen LogP contribution in [0.15, 0.2) is 35.7 Å². The molecule has 1 aromatic heterocycles.